The second-order valence-corrected chi connectivity index (χ2v) is 6.17. The molecule has 0 aliphatic carbocycles. The van der Waals surface area contributed by atoms with Crippen LogP contribution in [-0.2, 0) is 19.6 Å². The first-order chi connectivity index (χ1) is 7.97. The second kappa shape index (κ2) is 6.32. The topological polar surface area (TPSA) is 92.7 Å². The van der Waals surface area contributed by atoms with Gasteiger partial charge in [-0.3, -0.25) is 4.79 Å². The summed E-state index contributed by atoms with van der Waals surface area (Å²) in [6.07, 6.45) is 2.26. The quantitative estimate of drug-likeness (QED) is 0.692. The number of ether oxygens (including phenoxy) is 1. The molecule has 0 bridgehead atoms. The number of carboxylic acid groups (broad SMARTS) is 1. The second-order valence-electron chi connectivity index (χ2n) is 4.18. The van der Waals surface area contributed by atoms with E-state index in [9.17, 15) is 13.2 Å². The zero-order valence-corrected chi connectivity index (χ0v) is 10.7. The number of unbranched alkanes of at least 4 members (excludes halogenated alkanes) is 1. The van der Waals surface area contributed by atoms with Gasteiger partial charge in [0, 0.05) is 6.61 Å². The molecule has 0 aromatic heterocycles. The van der Waals surface area contributed by atoms with Crippen LogP contribution in [0.5, 0.6) is 0 Å². The van der Waals surface area contributed by atoms with E-state index < -0.39 is 27.3 Å². The Morgan fingerprint density at radius 3 is 2.76 bits per heavy atom. The maximum absolute atomic E-state index is 11.9. The maximum Gasteiger partial charge on any atom is 0.321 e. The number of aliphatic carboxylic acids is 1. The number of sulfonamides is 1. The monoisotopic (exact) mass is 265 g/mol. The summed E-state index contributed by atoms with van der Waals surface area (Å²) in [5.74, 6) is -1.12. The lowest BCUT2D eigenvalue weighted by atomic mass is 10.1. The Hall–Kier alpha value is -0.660. The van der Waals surface area contributed by atoms with Crippen LogP contribution in [0.25, 0.3) is 0 Å². The van der Waals surface area contributed by atoms with Gasteiger partial charge in [-0.1, -0.05) is 19.8 Å². The number of carboxylic acids is 1. The average Bonchev–Trinajstić information content (AvgIpc) is 2.77. The molecule has 0 radical (unpaired) electrons. The van der Waals surface area contributed by atoms with Gasteiger partial charge in [0.15, 0.2) is 0 Å². The number of rotatable bonds is 7. The van der Waals surface area contributed by atoms with Gasteiger partial charge in [-0.05, 0) is 12.8 Å². The zero-order chi connectivity index (χ0) is 12.9. The molecule has 0 saturated carbocycles. The molecule has 6 nitrogen and oxygen atoms in total. The van der Waals surface area contributed by atoms with E-state index in [4.69, 9.17) is 9.84 Å². The first-order valence-corrected chi connectivity index (χ1v) is 7.33. The van der Waals surface area contributed by atoms with Gasteiger partial charge in [-0.25, -0.2) is 13.1 Å². The normalized spacial score (nSPS) is 22.5. The van der Waals surface area contributed by atoms with E-state index in [1.54, 1.807) is 0 Å². The lowest BCUT2D eigenvalue weighted by molar-refractivity contribution is -0.139. The maximum atomic E-state index is 11.9. The molecule has 2 N–H and O–H groups in total. The molecule has 0 spiro atoms. The number of carbonyl (C=O) groups is 1. The van der Waals surface area contributed by atoms with E-state index in [2.05, 4.69) is 4.72 Å². The average molecular weight is 265 g/mol. The van der Waals surface area contributed by atoms with Crippen molar-refractivity contribution in [3.63, 3.8) is 0 Å². The Kier molecular flexibility index (Phi) is 5.35. The first kappa shape index (κ1) is 14.4. The van der Waals surface area contributed by atoms with Gasteiger partial charge in [0.2, 0.25) is 10.0 Å². The predicted octanol–water partition coefficient (Wildman–Crippen LogP) is 0.338. The van der Waals surface area contributed by atoms with E-state index >= 15 is 0 Å². The van der Waals surface area contributed by atoms with Crippen molar-refractivity contribution in [1.82, 2.24) is 4.72 Å². The fourth-order valence-electron chi connectivity index (χ4n) is 1.69. The van der Waals surface area contributed by atoms with Crippen LogP contribution in [0.1, 0.15) is 32.6 Å². The van der Waals surface area contributed by atoms with E-state index in [0.717, 1.165) is 6.42 Å². The summed E-state index contributed by atoms with van der Waals surface area (Å²) in [5.41, 5.74) is 0. The summed E-state index contributed by atoms with van der Waals surface area (Å²) in [7, 11) is -3.59. The van der Waals surface area contributed by atoms with Crippen LogP contribution < -0.4 is 4.72 Å². The Bertz CT molecular complexity index is 348. The van der Waals surface area contributed by atoms with Crippen molar-refractivity contribution in [2.75, 3.05) is 13.2 Å². The summed E-state index contributed by atoms with van der Waals surface area (Å²) >= 11 is 0. The highest BCUT2D eigenvalue weighted by Gasteiger charge is 2.33. The van der Waals surface area contributed by atoms with E-state index in [1.807, 2.05) is 6.92 Å². The molecule has 0 amide bonds. The number of hydrogen-bond donors (Lipinski definition) is 2. The summed E-state index contributed by atoms with van der Waals surface area (Å²) < 4.78 is 31.0. The van der Waals surface area contributed by atoms with Gasteiger partial charge in [0.05, 0.1) is 6.61 Å². The lowest BCUT2D eigenvalue weighted by Gasteiger charge is -2.17. The molecule has 2 atom stereocenters. The molecule has 1 fully saturated rings. The van der Waals surface area contributed by atoms with Crippen LogP contribution >= 0.6 is 0 Å². The molecule has 7 heteroatoms. The Morgan fingerprint density at radius 1 is 1.59 bits per heavy atom. The van der Waals surface area contributed by atoms with Crippen molar-refractivity contribution < 1.29 is 23.1 Å². The van der Waals surface area contributed by atoms with Crippen molar-refractivity contribution in [3.05, 3.63) is 0 Å². The molecule has 0 aromatic carbocycles. The van der Waals surface area contributed by atoms with Crippen molar-refractivity contribution in [1.29, 1.82) is 0 Å². The minimum atomic E-state index is -3.59. The van der Waals surface area contributed by atoms with Crippen LogP contribution in [0.4, 0.5) is 0 Å². The first-order valence-electron chi connectivity index (χ1n) is 5.79. The van der Waals surface area contributed by atoms with Crippen LogP contribution in [-0.4, -0.2) is 44.0 Å². The predicted molar refractivity (Wildman–Crippen MR) is 62.2 cm³/mol. The molecule has 1 aliphatic rings. The van der Waals surface area contributed by atoms with Crippen LogP contribution in [0.15, 0.2) is 0 Å². The molecule has 1 heterocycles. The Morgan fingerprint density at radius 2 is 2.29 bits per heavy atom. The molecule has 17 heavy (non-hydrogen) atoms. The molecule has 100 valence electrons. The molecular formula is C10H19NO5S. The lowest BCUT2D eigenvalue weighted by Crippen LogP contribution is -2.45. The minimum Gasteiger partial charge on any atom is -0.480 e. The fourth-order valence-corrected chi connectivity index (χ4v) is 3.18. The van der Waals surface area contributed by atoms with Crippen LogP contribution in [0.3, 0.4) is 0 Å². The van der Waals surface area contributed by atoms with Gasteiger partial charge in [-0.2, -0.15) is 0 Å². The van der Waals surface area contributed by atoms with Crippen molar-refractivity contribution >= 4 is 16.0 Å². The highest BCUT2D eigenvalue weighted by molar-refractivity contribution is 7.90. The zero-order valence-electron chi connectivity index (χ0n) is 9.89. The molecule has 1 saturated heterocycles. The number of hydrogen-bond acceptors (Lipinski definition) is 4. The highest BCUT2D eigenvalue weighted by atomic mass is 32.2. The van der Waals surface area contributed by atoms with E-state index in [-0.39, 0.29) is 6.61 Å². The van der Waals surface area contributed by atoms with Crippen LogP contribution in [0.2, 0.25) is 0 Å². The van der Waals surface area contributed by atoms with Gasteiger partial charge in [-0.15, -0.1) is 0 Å². The SMILES string of the molecule is CCCCC(NS(=O)(=O)C1CCOC1)C(=O)O. The molecule has 1 rings (SSSR count). The van der Waals surface area contributed by atoms with Crippen molar-refractivity contribution in [3.8, 4) is 0 Å². The third kappa shape index (κ3) is 4.25. The summed E-state index contributed by atoms with van der Waals surface area (Å²) in [6.45, 7) is 2.49. The standard InChI is InChI=1S/C10H19NO5S/c1-2-3-4-9(10(12)13)11-17(14,15)8-5-6-16-7-8/h8-9,11H,2-7H2,1H3,(H,12,13). The summed E-state index contributed by atoms with van der Waals surface area (Å²) in [5, 5.41) is 8.33. The molecule has 1 aliphatic heterocycles. The van der Waals surface area contributed by atoms with E-state index in [1.165, 1.54) is 0 Å². The third-order valence-electron chi connectivity index (χ3n) is 2.78. The molecular weight excluding hydrogens is 246 g/mol. The Balaban J connectivity index is 2.61. The Labute approximate surface area is 101 Å². The fraction of sp³-hybridized carbons (Fsp3) is 0.900. The van der Waals surface area contributed by atoms with Crippen molar-refractivity contribution in [2.45, 2.75) is 43.9 Å². The largest absolute Gasteiger partial charge is 0.480 e. The summed E-state index contributed by atoms with van der Waals surface area (Å²) in [4.78, 5) is 10.9. The third-order valence-corrected chi connectivity index (χ3v) is 4.64. The van der Waals surface area contributed by atoms with Gasteiger partial charge < -0.3 is 9.84 Å². The minimum absolute atomic E-state index is 0.148. The van der Waals surface area contributed by atoms with Crippen molar-refractivity contribution in [2.24, 2.45) is 0 Å². The number of nitrogens with one attached hydrogen (secondary N) is 1. The van der Waals surface area contributed by atoms with Gasteiger partial charge >= 0.3 is 5.97 Å². The van der Waals surface area contributed by atoms with Crippen LogP contribution in [0, 0.1) is 0 Å². The molecule has 2 unspecified atom stereocenters. The molecule has 0 aromatic rings. The smallest absolute Gasteiger partial charge is 0.321 e. The van der Waals surface area contributed by atoms with Gasteiger partial charge in [0.1, 0.15) is 11.3 Å². The van der Waals surface area contributed by atoms with Gasteiger partial charge in [0.25, 0.3) is 0 Å². The summed E-state index contributed by atoms with van der Waals surface area (Å²) in [6, 6.07) is -1.03. The highest BCUT2D eigenvalue weighted by Crippen LogP contribution is 2.14. The van der Waals surface area contributed by atoms with E-state index in [0.29, 0.717) is 25.9 Å².